The summed E-state index contributed by atoms with van der Waals surface area (Å²) in [5.41, 5.74) is 15.6. The molecule has 4 aromatic heterocycles. The maximum absolute atomic E-state index is 5.16. The maximum Gasteiger partial charge on any atom is 0.160 e. The van der Waals surface area contributed by atoms with E-state index in [1.807, 2.05) is 24.5 Å². The Hall–Kier alpha value is -5.10. The fourth-order valence-corrected chi connectivity index (χ4v) is 6.63. The maximum atomic E-state index is 5.16. The highest BCUT2D eigenvalue weighted by atomic mass is 14.9. The van der Waals surface area contributed by atoms with Gasteiger partial charge in [0.05, 0.1) is 22.8 Å². The molecule has 2 aliphatic rings. The largest absolute Gasteiger partial charge is 0.251 e. The van der Waals surface area contributed by atoms with E-state index < -0.39 is 0 Å². The Labute approximate surface area is 263 Å². The van der Waals surface area contributed by atoms with Crippen molar-refractivity contribution in [3.63, 3.8) is 0 Å². The number of aromatic nitrogens is 6. The first-order valence-electron chi connectivity index (χ1n) is 15.9. The van der Waals surface area contributed by atoms with Gasteiger partial charge in [-0.25, -0.2) is 19.9 Å². The second-order valence-electron chi connectivity index (χ2n) is 12.2. The van der Waals surface area contributed by atoms with Crippen LogP contribution in [0.2, 0.25) is 0 Å². The second-order valence-corrected chi connectivity index (χ2v) is 12.2. The molecule has 0 amide bonds. The number of fused-ring (bicyclic) bond motifs is 6. The number of hydrogen-bond acceptors (Lipinski definition) is 6. The van der Waals surface area contributed by atoms with E-state index in [0.717, 1.165) is 102 Å². The van der Waals surface area contributed by atoms with Gasteiger partial charge < -0.3 is 0 Å². The average molecular weight is 587 g/mol. The lowest BCUT2D eigenvalue weighted by molar-refractivity contribution is 0.774. The third-order valence-corrected chi connectivity index (χ3v) is 9.22. The van der Waals surface area contributed by atoms with Crippen molar-refractivity contribution in [2.45, 2.75) is 58.8 Å². The molecule has 0 saturated heterocycles. The van der Waals surface area contributed by atoms with Crippen LogP contribution in [0.3, 0.4) is 0 Å². The lowest BCUT2D eigenvalue weighted by Gasteiger charge is -2.20. The van der Waals surface area contributed by atoms with Crippen LogP contribution in [0.4, 0.5) is 0 Å². The minimum Gasteiger partial charge on any atom is -0.251 e. The summed E-state index contributed by atoms with van der Waals surface area (Å²) in [6.45, 7) is 4.21. The molecule has 6 heteroatoms. The molecule has 0 spiro atoms. The molecule has 0 unspecified atom stereocenters. The second kappa shape index (κ2) is 11.4. The van der Waals surface area contributed by atoms with Gasteiger partial charge in [0.25, 0.3) is 0 Å². The number of nitrogens with zero attached hydrogens (tertiary/aromatic N) is 6. The highest BCUT2D eigenvalue weighted by molar-refractivity contribution is 5.71. The minimum atomic E-state index is 0.767. The van der Waals surface area contributed by atoms with E-state index in [2.05, 4.69) is 74.5 Å². The predicted molar refractivity (Wildman–Crippen MR) is 178 cm³/mol. The summed E-state index contributed by atoms with van der Waals surface area (Å²) in [6, 6.07) is 25.5. The van der Waals surface area contributed by atoms with Crippen LogP contribution < -0.4 is 0 Å². The Morgan fingerprint density at radius 2 is 0.889 bits per heavy atom. The Morgan fingerprint density at radius 3 is 1.36 bits per heavy atom. The molecule has 2 aliphatic carbocycles. The monoisotopic (exact) mass is 586 g/mol. The quantitative estimate of drug-likeness (QED) is 0.199. The molecule has 6 aromatic rings. The van der Waals surface area contributed by atoms with Crippen molar-refractivity contribution in [2.75, 3.05) is 0 Å². The summed E-state index contributed by atoms with van der Waals surface area (Å²) >= 11 is 0. The normalized spacial score (nSPS) is 13.0. The smallest absolute Gasteiger partial charge is 0.160 e. The van der Waals surface area contributed by atoms with Crippen molar-refractivity contribution in [3.05, 3.63) is 130 Å². The zero-order valence-electron chi connectivity index (χ0n) is 25.7. The van der Waals surface area contributed by atoms with Gasteiger partial charge in [-0.05, 0) is 104 Å². The molecule has 6 nitrogen and oxygen atoms in total. The molecule has 4 heterocycles. The van der Waals surface area contributed by atoms with Gasteiger partial charge in [-0.2, -0.15) is 0 Å². The summed E-state index contributed by atoms with van der Waals surface area (Å²) < 4.78 is 0. The van der Waals surface area contributed by atoms with Crippen LogP contribution in [0.25, 0.3) is 45.6 Å². The van der Waals surface area contributed by atoms with Gasteiger partial charge in [-0.3, -0.25) is 9.97 Å². The first-order chi connectivity index (χ1) is 22.1. The van der Waals surface area contributed by atoms with Crippen LogP contribution in [0.5, 0.6) is 0 Å². The first kappa shape index (κ1) is 27.4. The van der Waals surface area contributed by atoms with E-state index in [9.17, 15) is 0 Å². The Bertz CT molecular complexity index is 1930. The molecule has 0 N–H and O–H groups in total. The lowest BCUT2D eigenvalue weighted by atomic mass is 9.92. The minimum absolute atomic E-state index is 0.767. The third-order valence-electron chi connectivity index (χ3n) is 9.22. The van der Waals surface area contributed by atoms with E-state index in [1.165, 1.54) is 33.4 Å². The Balaban J connectivity index is 1.02. The molecule has 0 atom stereocenters. The molecule has 45 heavy (non-hydrogen) atoms. The van der Waals surface area contributed by atoms with Gasteiger partial charge in [-0.15, -0.1) is 0 Å². The molecule has 2 aromatic carbocycles. The highest BCUT2D eigenvalue weighted by Crippen LogP contribution is 2.34. The van der Waals surface area contributed by atoms with Gasteiger partial charge in [0, 0.05) is 34.9 Å². The van der Waals surface area contributed by atoms with Gasteiger partial charge >= 0.3 is 0 Å². The van der Waals surface area contributed by atoms with Crippen LogP contribution in [0.15, 0.2) is 85.2 Å². The van der Waals surface area contributed by atoms with Gasteiger partial charge in [0.15, 0.2) is 11.6 Å². The van der Waals surface area contributed by atoms with Crippen molar-refractivity contribution >= 4 is 0 Å². The zero-order chi connectivity index (χ0) is 30.3. The summed E-state index contributed by atoms with van der Waals surface area (Å²) in [5, 5.41) is 0. The van der Waals surface area contributed by atoms with Gasteiger partial charge in [0.1, 0.15) is 0 Å². The predicted octanol–water partition coefficient (Wildman–Crippen LogP) is 7.71. The van der Waals surface area contributed by atoms with Crippen LogP contribution in [-0.4, -0.2) is 29.9 Å². The van der Waals surface area contributed by atoms with E-state index >= 15 is 0 Å². The molecule has 8 rings (SSSR count). The average Bonchev–Trinajstić information content (AvgIpc) is 3.08. The van der Waals surface area contributed by atoms with E-state index in [0.29, 0.717) is 0 Å². The molecular formula is C39H34N6. The van der Waals surface area contributed by atoms with Crippen LogP contribution in [0.1, 0.15) is 51.2 Å². The van der Waals surface area contributed by atoms with Crippen molar-refractivity contribution < 1.29 is 0 Å². The SMILES string of the molecule is Cc1ccccc1-c1ncc2c(n1)-c1nc(CCCc3ccc4c(n3)-c3nc(-c5ccccc5C)ncc3CC4)ccc1CC2. The van der Waals surface area contributed by atoms with E-state index in [-0.39, 0.29) is 0 Å². The van der Waals surface area contributed by atoms with E-state index in [4.69, 9.17) is 29.9 Å². The van der Waals surface area contributed by atoms with Crippen molar-refractivity contribution in [2.24, 2.45) is 0 Å². The van der Waals surface area contributed by atoms with Crippen LogP contribution in [-0.2, 0) is 38.5 Å². The molecule has 0 radical (unpaired) electrons. The topological polar surface area (TPSA) is 77.3 Å². The highest BCUT2D eigenvalue weighted by Gasteiger charge is 2.23. The molecule has 0 aliphatic heterocycles. The summed E-state index contributed by atoms with van der Waals surface area (Å²) in [4.78, 5) is 29.9. The fraction of sp³-hybridized carbons (Fsp3) is 0.231. The van der Waals surface area contributed by atoms with E-state index in [1.54, 1.807) is 0 Å². The summed E-state index contributed by atoms with van der Waals surface area (Å²) in [6.07, 6.45) is 10.6. The summed E-state index contributed by atoms with van der Waals surface area (Å²) in [7, 11) is 0. The molecular weight excluding hydrogens is 552 g/mol. The van der Waals surface area contributed by atoms with Gasteiger partial charge in [0.2, 0.25) is 0 Å². The van der Waals surface area contributed by atoms with Crippen LogP contribution >= 0.6 is 0 Å². The van der Waals surface area contributed by atoms with Gasteiger partial charge in [-0.1, -0.05) is 60.7 Å². The number of benzene rings is 2. The Morgan fingerprint density at radius 1 is 0.467 bits per heavy atom. The number of pyridine rings is 2. The summed E-state index contributed by atoms with van der Waals surface area (Å²) in [5.74, 6) is 1.53. The lowest BCUT2D eigenvalue weighted by Crippen LogP contribution is -2.11. The third kappa shape index (κ3) is 5.20. The number of aryl methyl sites for hydroxylation is 8. The number of hydrogen-bond donors (Lipinski definition) is 0. The van der Waals surface area contributed by atoms with Crippen molar-refractivity contribution in [1.29, 1.82) is 0 Å². The molecule has 220 valence electrons. The van der Waals surface area contributed by atoms with Crippen LogP contribution in [0, 0.1) is 13.8 Å². The Kier molecular flexibility index (Phi) is 6.98. The number of rotatable bonds is 6. The molecule has 0 bridgehead atoms. The zero-order valence-corrected chi connectivity index (χ0v) is 25.7. The first-order valence-corrected chi connectivity index (χ1v) is 15.9. The van der Waals surface area contributed by atoms with Crippen molar-refractivity contribution in [1.82, 2.24) is 29.9 Å². The fourth-order valence-electron chi connectivity index (χ4n) is 6.63. The standard InChI is InChI=1S/C39H34N6/c1-24-8-3-5-12-32(24)38-40-22-28-16-14-26-18-20-30(42-34(26)36(28)44-38)10-7-11-31-21-19-27-15-17-29-23-41-39(45-37(29)35(27)43-31)33-13-6-4-9-25(33)2/h3-6,8-9,12-13,18-23H,7,10-11,14-17H2,1-2H3. The van der Waals surface area contributed by atoms with Crippen molar-refractivity contribution in [3.8, 4) is 45.6 Å². The molecule has 0 fully saturated rings. The molecule has 0 saturated carbocycles.